The molecule has 0 unspecified atom stereocenters. The van der Waals surface area contributed by atoms with Crippen molar-refractivity contribution in [3.8, 4) is 0 Å². The number of nitrogens with one attached hydrogen (secondary N) is 1. The van der Waals surface area contributed by atoms with Crippen LogP contribution < -0.4 is 5.32 Å². The molecule has 0 atom stereocenters. The molecule has 0 aliphatic carbocycles. The molecule has 7 nitrogen and oxygen atoms in total. The van der Waals surface area contributed by atoms with Crippen LogP contribution in [-0.4, -0.2) is 47.8 Å². The Kier molecular flexibility index (Phi) is 6.51. The molecule has 146 valence electrons. The Bertz CT molecular complexity index is 874. The molecular formula is C18H23ClN4O3S. The molecule has 1 fully saturated rings. The lowest BCUT2D eigenvalue weighted by atomic mass is 10.1. The number of carbonyl (C=O) groups is 1. The molecule has 1 amide bonds. The first-order chi connectivity index (χ1) is 12.9. The lowest BCUT2D eigenvalue weighted by Crippen LogP contribution is -2.35. The number of hydrogen-bond acceptors (Lipinski definition) is 4. The number of rotatable bonds is 7. The van der Waals surface area contributed by atoms with Crippen molar-refractivity contribution in [2.75, 3.05) is 19.6 Å². The zero-order valence-electron chi connectivity index (χ0n) is 15.0. The third-order valence-electron chi connectivity index (χ3n) is 4.50. The van der Waals surface area contributed by atoms with Crippen LogP contribution in [0.15, 0.2) is 41.8 Å². The number of sulfonamides is 1. The number of hydrogen-bond donors (Lipinski definition) is 1. The summed E-state index contributed by atoms with van der Waals surface area (Å²) in [5, 5.41) is 3.50. The average molecular weight is 411 g/mol. The van der Waals surface area contributed by atoms with Gasteiger partial charge in [-0.15, -0.1) is 0 Å². The molecule has 0 radical (unpaired) electrons. The van der Waals surface area contributed by atoms with E-state index in [0.29, 0.717) is 31.1 Å². The number of imidazole rings is 1. The van der Waals surface area contributed by atoms with E-state index in [1.165, 1.54) is 21.4 Å². The second-order valence-corrected chi connectivity index (χ2v) is 8.90. The summed E-state index contributed by atoms with van der Waals surface area (Å²) in [4.78, 5) is 16.1. The molecule has 1 N–H and O–H groups in total. The minimum atomic E-state index is -3.57. The molecule has 1 aliphatic rings. The maximum Gasteiger partial charge on any atom is 0.262 e. The second-order valence-electron chi connectivity index (χ2n) is 6.58. The van der Waals surface area contributed by atoms with Crippen molar-refractivity contribution in [1.82, 2.24) is 19.2 Å². The number of carbonyl (C=O) groups excluding carboxylic acids is 1. The Morgan fingerprint density at radius 3 is 2.56 bits per heavy atom. The van der Waals surface area contributed by atoms with Crippen LogP contribution in [0.4, 0.5) is 0 Å². The third kappa shape index (κ3) is 5.31. The highest BCUT2D eigenvalue weighted by Crippen LogP contribution is 2.19. The Hall–Kier alpha value is -1.90. The van der Waals surface area contributed by atoms with E-state index in [0.717, 1.165) is 24.8 Å². The number of halogens is 1. The summed E-state index contributed by atoms with van der Waals surface area (Å²) in [6.45, 7) is 1.58. The monoisotopic (exact) mass is 410 g/mol. The highest BCUT2D eigenvalue weighted by Gasteiger charge is 2.28. The highest BCUT2D eigenvalue weighted by atomic mass is 35.5. The quantitative estimate of drug-likeness (QED) is 0.757. The summed E-state index contributed by atoms with van der Waals surface area (Å²) in [7, 11) is -3.57. The smallest absolute Gasteiger partial charge is 0.262 e. The van der Waals surface area contributed by atoms with Gasteiger partial charge in [0.25, 0.3) is 10.0 Å². The number of nitrogens with zero attached hydrogens (tertiary/aromatic N) is 3. The van der Waals surface area contributed by atoms with Gasteiger partial charge >= 0.3 is 0 Å². The lowest BCUT2D eigenvalue weighted by molar-refractivity contribution is -0.121. The van der Waals surface area contributed by atoms with Crippen LogP contribution in [0.3, 0.4) is 0 Å². The van der Waals surface area contributed by atoms with Gasteiger partial charge in [-0.05, 0) is 37.0 Å². The van der Waals surface area contributed by atoms with Gasteiger partial charge < -0.3 is 9.88 Å². The van der Waals surface area contributed by atoms with Crippen LogP contribution in [0.2, 0.25) is 5.02 Å². The van der Waals surface area contributed by atoms with Crippen molar-refractivity contribution >= 4 is 27.5 Å². The van der Waals surface area contributed by atoms with Crippen LogP contribution in [0.25, 0.3) is 0 Å². The van der Waals surface area contributed by atoms with E-state index in [4.69, 9.17) is 11.6 Å². The molecule has 1 saturated heterocycles. The van der Waals surface area contributed by atoms with Gasteiger partial charge in [-0.1, -0.05) is 30.2 Å². The van der Waals surface area contributed by atoms with Gasteiger partial charge in [-0.25, -0.2) is 13.4 Å². The standard InChI is InChI=1S/C18H23ClN4O3S/c19-16-6-4-15(5-7-16)8-9-20-17(24)12-22-13-18(21-14-22)27(25,26)23-10-2-1-3-11-23/h4-7,13-14H,1-3,8-12H2,(H,20,24). The first-order valence-corrected chi connectivity index (χ1v) is 10.8. The van der Waals surface area contributed by atoms with E-state index in [1.807, 2.05) is 24.3 Å². The maximum absolute atomic E-state index is 12.6. The van der Waals surface area contributed by atoms with Gasteiger partial charge in [0.1, 0.15) is 6.54 Å². The molecule has 9 heteroatoms. The number of aromatic nitrogens is 2. The van der Waals surface area contributed by atoms with E-state index in [1.54, 1.807) is 0 Å². The Balaban J connectivity index is 1.50. The normalized spacial score (nSPS) is 15.6. The van der Waals surface area contributed by atoms with Crippen molar-refractivity contribution < 1.29 is 13.2 Å². The first-order valence-electron chi connectivity index (χ1n) is 8.98. The van der Waals surface area contributed by atoms with Crippen LogP contribution >= 0.6 is 11.6 Å². The van der Waals surface area contributed by atoms with Crippen LogP contribution in [0, 0.1) is 0 Å². The van der Waals surface area contributed by atoms with Gasteiger partial charge in [0.15, 0.2) is 5.03 Å². The molecule has 1 aromatic carbocycles. The molecule has 1 aliphatic heterocycles. The zero-order chi connectivity index (χ0) is 19.3. The molecule has 2 aromatic rings. The van der Waals surface area contributed by atoms with Crippen LogP contribution in [0.5, 0.6) is 0 Å². The number of amides is 1. The lowest BCUT2D eigenvalue weighted by Gasteiger charge is -2.24. The topological polar surface area (TPSA) is 84.3 Å². The summed E-state index contributed by atoms with van der Waals surface area (Å²) in [5.41, 5.74) is 1.08. The van der Waals surface area contributed by atoms with E-state index in [2.05, 4.69) is 10.3 Å². The Morgan fingerprint density at radius 2 is 1.85 bits per heavy atom. The minimum absolute atomic E-state index is 0.00151. The van der Waals surface area contributed by atoms with Gasteiger partial charge in [-0.3, -0.25) is 4.79 Å². The molecule has 1 aromatic heterocycles. The number of piperidine rings is 1. The van der Waals surface area contributed by atoms with Gasteiger partial charge in [-0.2, -0.15) is 4.31 Å². The predicted octanol–water partition coefficient (Wildman–Crippen LogP) is 2.07. The fourth-order valence-electron chi connectivity index (χ4n) is 3.02. The summed E-state index contributed by atoms with van der Waals surface area (Å²) in [6.07, 6.45) is 6.29. The SMILES string of the molecule is O=C(Cn1cnc(S(=O)(=O)N2CCCCC2)c1)NCCc1ccc(Cl)cc1. The second kappa shape index (κ2) is 8.86. The molecule has 27 heavy (non-hydrogen) atoms. The minimum Gasteiger partial charge on any atom is -0.354 e. The first kappa shape index (κ1) is 19.9. The Morgan fingerprint density at radius 1 is 1.15 bits per heavy atom. The molecular weight excluding hydrogens is 388 g/mol. The van der Waals surface area contributed by atoms with Crippen molar-refractivity contribution in [2.24, 2.45) is 0 Å². The van der Waals surface area contributed by atoms with Gasteiger partial charge in [0.05, 0.1) is 6.33 Å². The van der Waals surface area contributed by atoms with Crippen molar-refractivity contribution in [3.05, 3.63) is 47.4 Å². The zero-order valence-corrected chi connectivity index (χ0v) is 16.5. The van der Waals surface area contributed by atoms with E-state index >= 15 is 0 Å². The van der Waals surface area contributed by atoms with Gasteiger partial charge in [0.2, 0.25) is 5.91 Å². The third-order valence-corrected chi connectivity index (χ3v) is 6.54. The van der Waals surface area contributed by atoms with Crippen LogP contribution in [-0.2, 0) is 27.8 Å². The molecule has 0 spiro atoms. The summed E-state index contributed by atoms with van der Waals surface area (Å²) >= 11 is 5.85. The fourth-order valence-corrected chi connectivity index (χ4v) is 4.59. The molecule has 0 saturated carbocycles. The molecule has 0 bridgehead atoms. The van der Waals surface area contributed by atoms with E-state index in [-0.39, 0.29) is 17.5 Å². The predicted molar refractivity (Wildman–Crippen MR) is 103 cm³/mol. The van der Waals surface area contributed by atoms with E-state index in [9.17, 15) is 13.2 Å². The molecule has 3 rings (SSSR count). The highest BCUT2D eigenvalue weighted by molar-refractivity contribution is 7.89. The van der Waals surface area contributed by atoms with Crippen molar-refractivity contribution in [3.63, 3.8) is 0 Å². The van der Waals surface area contributed by atoms with Gasteiger partial charge in [0, 0.05) is 30.9 Å². The Labute approximate surface area is 164 Å². The molecule has 2 heterocycles. The summed E-state index contributed by atoms with van der Waals surface area (Å²) in [5.74, 6) is -0.191. The summed E-state index contributed by atoms with van der Waals surface area (Å²) in [6, 6.07) is 7.47. The fraction of sp³-hybridized carbons (Fsp3) is 0.444. The van der Waals surface area contributed by atoms with Crippen molar-refractivity contribution in [2.45, 2.75) is 37.3 Å². The van der Waals surface area contributed by atoms with Crippen molar-refractivity contribution in [1.29, 1.82) is 0 Å². The van der Waals surface area contributed by atoms with E-state index < -0.39 is 10.0 Å². The average Bonchev–Trinajstić information content (AvgIpc) is 3.13. The number of benzene rings is 1. The maximum atomic E-state index is 12.6. The largest absolute Gasteiger partial charge is 0.354 e. The summed E-state index contributed by atoms with van der Waals surface area (Å²) < 4.78 is 28.1. The van der Waals surface area contributed by atoms with Crippen LogP contribution in [0.1, 0.15) is 24.8 Å².